The zero-order valence-electron chi connectivity index (χ0n) is 7.12. The summed E-state index contributed by atoms with van der Waals surface area (Å²) in [7, 11) is 0. The molecular formula is C9H7ClN2O2. The van der Waals surface area contributed by atoms with Crippen LogP contribution in [0.15, 0.2) is 12.1 Å². The lowest BCUT2D eigenvalue weighted by Crippen LogP contribution is -2.05. The Balaban J connectivity index is 3.42. The van der Waals surface area contributed by atoms with E-state index in [0.29, 0.717) is 10.6 Å². The number of aromatic carboxylic acids is 1. The number of benzene rings is 1. The van der Waals surface area contributed by atoms with Gasteiger partial charge in [0.2, 0.25) is 0 Å². The van der Waals surface area contributed by atoms with E-state index in [-0.39, 0.29) is 17.7 Å². The standard InChI is InChI=1S/C9H7ClN2O2/c10-8-2-5(3-11)7(9(13)14)1-6(8)4-12/h1-2H,4,12H2,(H,13,14). The van der Waals surface area contributed by atoms with Gasteiger partial charge in [-0.25, -0.2) is 4.79 Å². The number of nitrogens with zero attached hydrogens (tertiary/aromatic N) is 1. The molecule has 0 spiro atoms. The second kappa shape index (κ2) is 4.09. The lowest BCUT2D eigenvalue weighted by Gasteiger charge is -2.04. The molecule has 5 heteroatoms. The molecule has 0 unspecified atom stereocenters. The quantitative estimate of drug-likeness (QED) is 0.772. The smallest absolute Gasteiger partial charge is 0.337 e. The van der Waals surface area contributed by atoms with Gasteiger partial charge in [0.15, 0.2) is 0 Å². The van der Waals surface area contributed by atoms with E-state index in [1.165, 1.54) is 12.1 Å². The predicted molar refractivity (Wildman–Crippen MR) is 51.0 cm³/mol. The summed E-state index contributed by atoms with van der Waals surface area (Å²) in [6.45, 7) is 0.144. The number of carboxylic acids is 1. The lowest BCUT2D eigenvalue weighted by atomic mass is 10.0. The van der Waals surface area contributed by atoms with Crippen LogP contribution in [0.3, 0.4) is 0 Å². The highest BCUT2D eigenvalue weighted by molar-refractivity contribution is 6.31. The molecule has 1 aromatic rings. The fourth-order valence-electron chi connectivity index (χ4n) is 1.04. The maximum absolute atomic E-state index is 10.7. The van der Waals surface area contributed by atoms with Gasteiger partial charge in [-0.05, 0) is 17.7 Å². The Morgan fingerprint density at radius 1 is 1.64 bits per heavy atom. The second-order valence-electron chi connectivity index (χ2n) is 2.61. The first-order valence-corrected chi connectivity index (χ1v) is 4.13. The SMILES string of the molecule is N#Cc1cc(Cl)c(CN)cc1C(=O)O. The maximum Gasteiger partial charge on any atom is 0.337 e. The summed E-state index contributed by atoms with van der Waals surface area (Å²) in [5.41, 5.74) is 5.84. The summed E-state index contributed by atoms with van der Waals surface area (Å²) in [5, 5.41) is 17.7. The summed E-state index contributed by atoms with van der Waals surface area (Å²) in [5.74, 6) is -1.16. The number of nitriles is 1. The van der Waals surface area contributed by atoms with Gasteiger partial charge in [0, 0.05) is 11.6 Å². The van der Waals surface area contributed by atoms with Crippen LogP contribution in [-0.2, 0) is 6.54 Å². The summed E-state index contributed by atoms with van der Waals surface area (Å²) >= 11 is 5.76. The molecular weight excluding hydrogens is 204 g/mol. The molecule has 0 aliphatic carbocycles. The minimum absolute atomic E-state index is 0.0414. The highest BCUT2D eigenvalue weighted by Gasteiger charge is 2.12. The molecule has 72 valence electrons. The van der Waals surface area contributed by atoms with Crippen LogP contribution >= 0.6 is 11.6 Å². The third-order valence-electron chi connectivity index (χ3n) is 1.76. The van der Waals surface area contributed by atoms with E-state index in [1.807, 2.05) is 0 Å². The van der Waals surface area contributed by atoms with Crippen LogP contribution in [0.5, 0.6) is 0 Å². The van der Waals surface area contributed by atoms with Gasteiger partial charge in [-0.1, -0.05) is 11.6 Å². The second-order valence-corrected chi connectivity index (χ2v) is 3.02. The number of halogens is 1. The summed E-state index contributed by atoms with van der Waals surface area (Å²) < 4.78 is 0. The summed E-state index contributed by atoms with van der Waals surface area (Å²) in [6, 6.07) is 4.40. The zero-order chi connectivity index (χ0) is 10.7. The van der Waals surface area contributed by atoms with Gasteiger partial charge in [-0.3, -0.25) is 0 Å². The fourth-order valence-corrected chi connectivity index (χ4v) is 1.28. The maximum atomic E-state index is 10.7. The molecule has 4 nitrogen and oxygen atoms in total. The molecule has 1 rings (SSSR count). The van der Waals surface area contributed by atoms with Crippen LogP contribution in [-0.4, -0.2) is 11.1 Å². The molecule has 3 N–H and O–H groups in total. The van der Waals surface area contributed by atoms with Gasteiger partial charge in [0.05, 0.1) is 11.1 Å². The van der Waals surface area contributed by atoms with Crippen molar-refractivity contribution in [3.63, 3.8) is 0 Å². The van der Waals surface area contributed by atoms with Crippen molar-refractivity contribution in [2.24, 2.45) is 5.73 Å². The van der Waals surface area contributed by atoms with Crippen molar-refractivity contribution in [1.29, 1.82) is 5.26 Å². The van der Waals surface area contributed by atoms with Gasteiger partial charge in [-0.2, -0.15) is 5.26 Å². The molecule has 0 heterocycles. The van der Waals surface area contributed by atoms with Crippen LogP contribution in [0.1, 0.15) is 21.5 Å². The van der Waals surface area contributed by atoms with Gasteiger partial charge < -0.3 is 10.8 Å². The van der Waals surface area contributed by atoms with E-state index in [0.717, 1.165) is 0 Å². The molecule has 0 saturated carbocycles. The molecule has 0 radical (unpaired) electrons. The number of nitrogens with two attached hydrogens (primary N) is 1. The zero-order valence-corrected chi connectivity index (χ0v) is 7.88. The molecule has 1 aromatic carbocycles. The first kappa shape index (κ1) is 10.5. The van der Waals surface area contributed by atoms with Crippen LogP contribution < -0.4 is 5.73 Å². The van der Waals surface area contributed by atoms with E-state index in [2.05, 4.69) is 0 Å². The third-order valence-corrected chi connectivity index (χ3v) is 2.11. The molecule has 0 bridgehead atoms. The number of carbonyl (C=O) groups is 1. The Hall–Kier alpha value is -1.57. The van der Waals surface area contributed by atoms with Gasteiger partial charge in [0.1, 0.15) is 6.07 Å². The van der Waals surface area contributed by atoms with Crippen molar-refractivity contribution in [3.05, 3.63) is 33.8 Å². The monoisotopic (exact) mass is 210 g/mol. The Labute approximate surface area is 85.5 Å². The van der Waals surface area contributed by atoms with Crippen molar-refractivity contribution in [3.8, 4) is 6.07 Å². The highest BCUT2D eigenvalue weighted by atomic mass is 35.5. The minimum atomic E-state index is -1.16. The first-order chi connectivity index (χ1) is 6.60. The van der Waals surface area contributed by atoms with Crippen LogP contribution in [0.2, 0.25) is 5.02 Å². The van der Waals surface area contributed by atoms with Crippen molar-refractivity contribution in [1.82, 2.24) is 0 Å². The average molecular weight is 211 g/mol. The van der Waals surface area contributed by atoms with E-state index >= 15 is 0 Å². The van der Waals surface area contributed by atoms with Crippen molar-refractivity contribution in [2.75, 3.05) is 0 Å². The lowest BCUT2D eigenvalue weighted by molar-refractivity contribution is 0.0696. The van der Waals surface area contributed by atoms with Crippen molar-refractivity contribution >= 4 is 17.6 Å². The van der Waals surface area contributed by atoms with E-state index in [4.69, 9.17) is 27.7 Å². The Morgan fingerprint density at radius 2 is 2.29 bits per heavy atom. The van der Waals surface area contributed by atoms with Crippen LogP contribution in [0, 0.1) is 11.3 Å². The number of carboxylic acid groups (broad SMARTS) is 1. The summed E-state index contributed by atoms with van der Waals surface area (Å²) in [6.07, 6.45) is 0. The third kappa shape index (κ3) is 1.84. The number of rotatable bonds is 2. The fraction of sp³-hybridized carbons (Fsp3) is 0.111. The van der Waals surface area contributed by atoms with E-state index in [1.54, 1.807) is 6.07 Å². The van der Waals surface area contributed by atoms with Crippen LogP contribution in [0.25, 0.3) is 0 Å². The molecule has 0 saturated heterocycles. The first-order valence-electron chi connectivity index (χ1n) is 3.76. The van der Waals surface area contributed by atoms with Crippen molar-refractivity contribution < 1.29 is 9.90 Å². The average Bonchev–Trinajstić information content (AvgIpc) is 2.16. The minimum Gasteiger partial charge on any atom is -0.478 e. The molecule has 0 amide bonds. The Bertz CT molecular complexity index is 424. The highest BCUT2D eigenvalue weighted by Crippen LogP contribution is 2.21. The molecule has 0 fully saturated rings. The Morgan fingerprint density at radius 3 is 2.71 bits per heavy atom. The van der Waals surface area contributed by atoms with Gasteiger partial charge in [0.25, 0.3) is 0 Å². The van der Waals surface area contributed by atoms with E-state index in [9.17, 15) is 4.79 Å². The van der Waals surface area contributed by atoms with Crippen LogP contribution in [0.4, 0.5) is 0 Å². The van der Waals surface area contributed by atoms with Crippen molar-refractivity contribution in [2.45, 2.75) is 6.54 Å². The topological polar surface area (TPSA) is 87.1 Å². The van der Waals surface area contributed by atoms with Gasteiger partial charge >= 0.3 is 5.97 Å². The molecule has 0 atom stereocenters. The largest absolute Gasteiger partial charge is 0.478 e. The Kier molecular flexibility index (Phi) is 3.07. The predicted octanol–water partition coefficient (Wildman–Crippen LogP) is 1.37. The molecule has 0 aromatic heterocycles. The number of hydrogen-bond acceptors (Lipinski definition) is 3. The molecule has 0 aliphatic rings. The van der Waals surface area contributed by atoms with E-state index < -0.39 is 5.97 Å². The molecule has 14 heavy (non-hydrogen) atoms. The van der Waals surface area contributed by atoms with Gasteiger partial charge in [-0.15, -0.1) is 0 Å². The molecule has 0 aliphatic heterocycles. The summed E-state index contributed by atoms with van der Waals surface area (Å²) in [4.78, 5) is 10.7. The number of hydrogen-bond donors (Lipinski definition) is 2. The normalized spacial score (nSPS) is 9.50.